The predicted molar refractivity (Wildman–Crippen MR) is 63.9 cm³/mol. The van der Waals surface area contributed by atoms with E-state index in [0.29, 0.717) is 19.5 Å². The highest BCUT2D eigenvalue weighted by atomic mass is 16.3. The molecule has 1 amide bonds. The summed E-state index contributed by atoms with van der Waals surface area (Å²) in [7, 11) is 0. The van der Waals surface area contributed by atoms with Gasteiger partial charge in [0.15, 0.2) is 0 Å². The Balaban J connectivity index is 2.24. The lowest BCUT2D eigenvalue weighted by Gasteiger charge is -2.23. The minimum Gasteiger partial charge on any atom is -0.388 e. The molecular weight excluding hydrogens is 204 g/mol. The molecule has 0 radical (unpaired) electrons. The fourth-order valence-electron chi connectivity index (χ4n) is 2.20. The van der Waals surface area contributed by atoms with Crippen LogP contribution in [0.5, 0.6) is 0 Å². The molecule has 1 aliphatic carbocycles. The standard InChI is InChI=1S/C12H24N2O2/c1-2-10(8-13)7-11(15)14-9-12(16)5-3-4-6-12/h10,16H,2-9,13H2,1H3,(H,14,15). The molecule has 4 heteroatoms. The molecule has 0 saturated heterocycles. The van der Waals surface area contributed by atoms with Gasteiger partial charge in [-0.25, -0.2) is 0 Å². The Bertz CT molecular complexity index is 221. The summed E-state index contributed by atoms with van der Waals surface area (Å²) < 4.78 is 0. The SMILES string of the molecule is CCC(CN)CC(=O)NCC1(O)CCCC1. The second-order valence-corrected chi connectivity index (χ2v) is 4.92. The minimum absolute atomic E-state index is 0.0117. The van der Waals surface area contributed by atoms with Gasteiger partial charge in [-0.2, -0.15) is 0 Å². The molecule has 1 atom stereocenters. The lowest BCUT2D eigenvalue weighted by Crippen LogP contribution is -2.41. The predicted octanol–water partition coefficient (Wildman–Crippen LogP) is 0.783. The van der Waals surface area contributed by atoms with Gasteiger partial charge in [-0.3, -0.25) is 4.79 Å². The number of carbonyl (C=O) groups is 1. The molecular formula is C12H24N2O2. The maximum absolute atomic E-state index is 11.6. The number of nitrogens with one attached hydrogen (secondary N) is 1. The largest absolute Gasteiger partial charge is 0.388 e. The van der Waals surface area contributed by atoms with E-state index in [-0.39, 0.29) is 11.8 Å². The number of nitrogens with two attached hydrogens (primary N) is 1. The van der Waals surface area contributed by atoms with Gasteiger partial charge < -0.3 is 16.2 Å². The van der Waals surface area contributed by atoms with Crippen molar-refractivity contribution in [1.29, 1.82) is 0 Å². The average Bonchev–Trinajstić information content (AvgIpc) is 2.71. The normalized spacial score (nSPS) is 20.7. The topological polar surface area (TPSA) is 75.4 Å². The molecule has 1 unspecified atom stereocenters. The Labute approximate surface area is 97.6 Å². The first-order valence-corrected chi connectivity index (χ1v) is 6.29. The number of amides is 1. The first-order valence-electron chi connectivity index (χ1n) is 6.29. The van der Waals surface area contributed by atoms with Crippen LogP contribution in [-0.2, 0) is 4.79 Å². The van der Waals surface area contributed by atoms with Crippen molar-refractivity contribution in [2.24, 2.45) is 11.7 Å². The van der Waals surface area contributed by atoms with Gasteiger partial charge in [-0.1, -0.05) is 26.2 Å². The third kappa shape index (κ3) is 4.10. The quantitative estimate of drug-likeness (QED) is 0.629. The summed E-state index contributed by atoms with van der Waals surface area (Å²) in [5.41, 5.74) is 4.89. The van der Waals surface area contributed by atoms with E-state index >= 15 is 0 Å². The van der Waals surface area contributed by atoms with E-state index in [1.807, 2.05) is 6.92 Å². The summed E-state index contributed by atoms with van der Waals surface area (Å²) in [6, 6.07) is 0. The van der Waals surface area contributed by atoms with Gasteiger partial charge in [0.05, 0.1) is 5.60 Å². The van der Waals surface area contributed by atoms with Crippen LogP contribution in [0, 0.1) is 5.92 Å². The zero-order chi connectivity index (χ0) is 12.0. The number of hydrogen-bond donors (Lipinski definition) is 3. The Kier molecular flexibility index (Phi) is 5.22. The van der Waals surface area contributed by atoms with Gasteiger partial charge in [-0.15, -0.1) is 0 Å². The fourth-order valence-corrected chi connectivity index (χ4v) is 2.20. The molecule has 0 heterocycles. The second kappa shape index (κ2) is 6.21. The molecule has 4 nitrogen and oxygen atoms in total. The number of carbonyl (C=O) groups excluding carboxylic acids is 1. The molecule has 0 bridgehead atoms. The highest BCUT2D eigenvalue weighted by Crippen LogP contribution is 2.28. The van der Waals surface area contributed by atoms with Gasteiger partial charge in [0.1, 0.15) is 0 Å². The summed E-state index contributed by atoms with van der Waals surface area (Å²) in [6.45, 7) is 2.98. The molecule has 94 valence electrons. The van der Waals surface area contributed by atoms with Crippen molar-refractivity contribution in [2.45, 2.75) is 51.0 Å². The molecule has 1 rings (SSSR count). The number of aliphatic hydroxyl groups is 1. The lowest BCUT2D eigenvalue weighted by molar-refractivity contribution is -0.123. The maximum atomic E-state index is 11.6. The molecule has 4 N–H and O–H groups in total. The zero-order valence-electron chi connectivity index (χ0n) is 10.2. The van der Waals surface area contributed by atoms with Gasteiger partial charge in [0, 0.05) is 13.0 Å². The van der Waals surface area contributed by atoms with Crippen molar-refractivity contribution in [2.75, 3.05) is 13.1 Å². The number of hydrogen-bond acceptors (Lipinski definition) is 3. The summed E-state index contributed by atoms with van der Waals surface area (Å²) in [6.07, 6.45) is 5.14. The van der Waals surface area contributed by atoms with Gasteiger partial charge in [0.25, 0.3) is 0 Å². The lowest BCUT2D eigenvalue weighted by atomic mass is 10.0. The molecule has 0 aromatic heterocycles. The number of rotatable bonds is 6. The van der Waals surface area contributed by atoms with E-state index in [2.05, 4.69) is 5.32 Å². The van der Waals surface area contributed by atoms with Crippen molar-refractivity contribution < 1.29 is 9.90 Å². The highest BCUT2D eigenvalue weighted by Gasteiger charge is 2.31. The minimum atomic E-state index is -0.653. The zero-order valence-corrected chi connectivity index (χ0v) is 10.2. The van der Waals surface area contributed by atoms with Crippen LogP contribution in [0.25, 0.3) is 0 Å². The Morgan fingerprint density at radius 2 is 2.12 bits per heavy atom. The first kappa shape index (κ1) is 13.5. The maximum Gasteiger partial charge on any atom is 0.220 e. The van der Waals surface area contributed by atoms with Crippen LogP contribution in [0.15, 0.2) is 0 Å². The van der Waals surface area contributed by atoms with Crippen LogP contribution in [0.2, 0.25) is 0 Å². The van der Waals surface area contributed by atoms with Crippen LogP contribution in [0.4, 0.5) is 0 Å². The van der Waals surface area contributed by atoms with E-state index < -0.39 is 5.60 Å². The van der Waals surface area contributed by atoms with E-state index in [0.717, 1.165) is 32.1 Å². The van der Waals surface area contributed by atoms with Crippen LogP contribution in [-0.4, -0.2) is 29.7 Å². The fraction of sp³-hybridized carbons (Fsp3) is 0.917. The smallest absolute Gasteiger partial charge is 0.220 e. The van der Waals surface area contributed by atoms with E-state index in [1.165, 1.54) is 0 Å². The molecule has 0 aliphatic heterocycles. The summed E-state index contributed by atoms with van der Waals surface area (Å²) in [5, 5.41) is 12.9. The molecule has 1 saturated carbocycles. The van der Waals surface area contributed by atoms with Crippen molar-refractivity contribution >= 4 is 5.91 Å². The van der Waals surface area contributed by atoms with Crippen LogP contribution in [0.1, 0.15) is 45.4 Å². The Morgan fingerprint density at radius 1 is 1.50 bits per heavy atom. The Hall–Kier alpha value is -0.610. The molecule has 1 fully saturated rings. The van der Waals surface area contributed by atoms with Crippen molar-refractivity contribution in [3.05, 3.63) is 0 Å². The van der Waals surface area contributed by atoms with Gasteiger partial charge in [0.2, 0.25) is 5.91 Å². The summed E-state index contributed by atoms with van der Waals surface area (Å²) in [5.74, 6) is 0.274. The second-order valence-electron chi connectivity index (χ2n) is 4.92. The van der Waals surface area contributed by atoms with Gasteiger partial charge >= 0.3 is 0 Å². The molecule has 1 aliphatic rings. The van der Waals surface area contributed by atoms with E-state index in [1.54, 1.807) is 0 Å². The van der Waals surface area contributed by atoms with E-state index in [4.69, 9.17) is 5.73 Å². The first-order chi connectivity index (χ1) is 7.59. The summed E-state index contributed by atoms with van der Waals surface area (Å²) in [4.78, 5) is 11.6. The summed E-state index contributed by atoms with van der Waals surface area (Å²) >= 11 is 0. The van der Waals surface area contributed by atoms with E-state index in [9.17, 15) is 9.90 Å². The molecule has 0 spiro atoms. The van der Waals surface area contributed by atoms with Crippen LogP contribution in [0.3, 0.4) is 0 Å². The third-order valence-corrected chi connectivity index (χ3v) is 3.53. The van der Waals surface area contributed by atoms with Gasteiger partial charge in [-0.05, 0) is 25.3 Å². The molecule has 0 aromatic carbocycles. The molecule has 0 aromatic rings. The van der Waals surface area contributed by atoms with Crippen molar-refractivity contribution in [3.63, 3.8) is 0 Å². The average molecular weight is 228 g/mol. The van der Waals surface area contributed by atoms with Crippen molar-refractivity contribution in [3.8, 4) is 0 Å². The van der Waals surface area contributed by atoms with Crippen molar-refractivity contribution in [1.82, 2.24) is 5.32 Å². The third-order valence-electron chi connectivity index (χ3n) is 3.53. The van der Waals surface area contributed by atoms with Crippen LogP contribution < -0.4 is 11.1 Å². The monoisotopic (exact) mass is 228 g/mol. The highest BCUT2D eigenvalue weighted by molar-refractivity contribution is 5.76. The Morgan fingerprint density at radius 3 is 2.62 bits per heavy atom. The van der Waals surface area contributed by atoms with Crippen LogP contribution >= 0.6 is 0 Å². The molecule has 16 heavy (non-hydrogen) atoms.